The zero-order valence-electron chi connectivity index (χ0n) is 15.5. The van der Waals surface area contributed by atoms with Gasteiger partial charge in [0.05, 0.1) is 0 Å². The summed E-state index contributed by atoms with van der Waals surface area (Å²) in [6.07, 6.45) is 0.759. The molecule has 2 amide bonds. The Hall–Kier alpha value is -2.53. The second kappa shape index (κ2) is 8.91. The Morgan fingerprint density at radius 1 is 1.04 bits per heavy atom. The summed E-state index contributed by atoms with van der Waals surface area (Å²) in [6, 6.07) is 15.3. The van der Waals surface area contributed by atoms with Crippen molar-refractivity contribution in [1.82, 2.24) is 10.2 Å². The summed E-state index contributed by atoms with van der Waals surface area (Å²) in [6.45, 7) is 5.07. The van der Waals surface area contributed by atoms with Crippen molar-refractivity contribution in [2.45, 2.75) is 13.3 Å². The number of amides is 2. The Kier molecular flexibility index (Phi) is 6.35. The number of ketones is 1. The molecule has 1 aliphatic heterocycles. The molecule has 0 aliphatic carbocycles. The van der Waals surface area contributed by atoms with Crippen LogP contribution in [0.2, 0.25) is 5.02 Å². The maximum absolute atomic E-state index is 12.4. The molecule has 2 aromatic rings. The number of benzene rings is 2. The monoisotopic (exact) mass is 385 g/mol. The van der Waals surface area contributed by atoms with E-state index in [4.69, 9.17) is 11.6 Å². The van der Waals surface area contributed by atoms with Gasteiger partial charge in [0, 0.05) is 49.0 Å². The quantitative estimate of drug-likeness (QED) is 0.800. The molecule has 2 aromatic carbocycles. The summed E-state index contributed by atoms with van der Waals surface area (Å²) in [7, 11) is 0. The summed E-state index contributed by atoms with van der Waals surface area (Å²) in [5.74, 6) is 0.0702. The lowest BCUT2D eigenvalue weighted by molar-refractivity contribution is 0.101. The highest BCUT2D eigenvalue weighted by atomic mass is 35.5. The molecule has 1 aliphatic rings. The summed E-state index contributed by atoms with van der Waals surface area (Å²) < 4.78 is 0. The van der Waals surface area contributed by atoms with Crippen LogP contribution in [0, 0.1) is 0 Å². The molecule has 0 bridgehead atoms. The molecular formula is C21H24ClN3O2. The van der Waals surface area contributed by atoms with Crippen LogP contribution in [0.1, 0.15) is 22.8 Å². The Bertz CT molecular complexity index is 799. The van der Waals surface area contributed by atoms with E-state index in [0.29, 0.717) is 24.7 Å². The average Bonchev–Trinajstić information content (AvgIpc) is 2.68. The number of urea groups is 1. The van der Waals surface area contributed by atoms with Crippen molar-refractivity contribution in [3.05, 3.63) is 64.7 Å². The van der Waals surface area contributed by atoms with Gasteiger partial charge >= 0.3 is 6.03 Å². The maximum atomic E-state index is 12.4. The number of hydrogen-bond donors (Lipinski definition) is 1. The number of nitrogens with one attached hydrogen (secondary N) is 1. The number of halogens is 1. The van der Waals surface area contributed by atoms with Crippen LogP contribution in [0.15, 0.2) is 48.5 Å². The fourth-order valence-corrected chi connectivity index (χ4v) is 3.41. The predicted octanol–water partition coefficient (Wildman–Crippen LogP) is 3.62. The highest BCUT2D eigenvalue weighted by molar-refractivity contribution is 6.30. The Morgan fingerprint density at radius 3 is 2.37 bits per heavy atom. The molecule has 3 rings (SSSR count). The molecule has 6 heteroatoms. The maximum Gasteiger partial charge on any atom is 0.317 e. The number of rotatable bonds is 5. The van der Waals surface area contributed by atoms with Gasteiger partial charge in [-0.15, -0.1) is 0 Å². The molecule has 0 saturated carbocycles. The highest BCUT2D eigenvalue weighted by Crippen LogP contribution is 2.18. The first-order valence-corrected chi connectivity index (χ1v) is 9.54. The third-order valence-electron chi connectivity index (χ3n) is 4.78. The zero-order valence-corrected chi connectivity index (χ0v) is 16.2. The number of anilines is 1. The Labute approximate surface area is 164 Å². The van der Waals surface area contributed by atoms with Gasteiger partial charge in [-0.1, -0.05) is 23.7 Å². The summed E-state index contributed by atoms with van der Waals surface area (Å²) in [5, 5.41) is 3.70. The lowest BCUT2D eigenvalue weighted by Gasteiger charge is -2.36. The fourth-order valence-electron chi connectivity index (χ4n) is 3.19. The van der Waals surface area contributed by atoms with Crippen LogP contribution in [0.5, 0.6) is 0 Å². The van der Waals surface area contributed by atoms with Gasteiger partial charge in [-0.2, -0.15) is 0 Å². The molecule has 0 aromatic heterocycles. The van der Waals surface area contributed by atoms with Gasteiger partial charge in [-0.3, -0.25) is 4.79 Å². The molecule has 0 unspecified atom stereocenters. The highest BCUT2D eigenvalue weighted by Gasteiger charge is 2.21. The third-order valence-corrected chi connectivity index (χ3v) is 5.02. The lowest BCUT2D eigenvalue weighted by Crippen LogP contribution is -2.52. The van der Waals surface area contributed by atoms with Crippen LogP contribution in [-0.4, -0.2) is 49.4 Å². The van der Waals surface area contributed by atoms with Crippen molar-refractivity contribution in [1.29, 1.82) is 0 Å². The summed E-state index contributed by atoms with van der Waals surface area (Å²) >= 11 is 5.98. The number of hydrogen-bond acceptors (Lipinski definition) is 3. The van der Waals surface area contributed by atoms with Crippen LogP contribution in [-0.2, 0) is 6.42 Å². The predicted molar refractivity (Wildman–Crippen MR) is 109 cm³/mol. The topological polar surface area (TPSA) is 52.7 Å². The van der Waals surface area contributed by atoms with Crippen molar-refractivity contribution >= 4 is 29.1 Å². The molecule has 0 atom stereocenters. The molecule has 27 heavy (non-hydrogen) atoms. The van der Waals surface area contributed by atoms with Gasteiger partial charge in [-0.25, -0.2) is 4.79 Å². The number of carbonyl (C=O) groups is 2. The zero-order chi connectivity index (χ0) is 19.2. The SMILES string of the molecule is CC(=O)c1ccc(N2CCN(C(=O)NCCc3cccc(Cl)c3)CC2)cc1. The Balaban J connectivity index is 1.44. The van der Waals surface area contributed by atoms with Gasteiger partial charge in [0.1, 0.15) is 0 Å². The number of Topliss-reactive ketones (excluding diaryl/α,β-unsaturated/α-hetero) is 1. The normalized spacial score (nSPS) is 14.1. The first-order valence-electron chi connectivity index (χ1n) is 9.16. The van der Waals surface area contributed by atoms with E-state index < -0.39 is 0 Å². The van der Waals surface area contributed by atoms with Crippen molar-refractivity contribution in [2.75, 3.05) is 37.6 Å². The third kappa shape index (κ3) is 5.23. The molecule has 1 heterocycles. The molecule has 1 N–H and O–H groups in total. The standard InChI is InChI=1S/C21H24ClN3O2/c1-16(26)18-5-7-20(8-6-18)24-11-13-25(14-12-24)21(27)23-10-9-17-3-2-4-19(22)15-17/h2-8,15H,9-14H2,1H3,(H,23,27). The largest absolute Gasteiger partial charge is 0.368 e. The average molecular weight is 386 g/mol. The second-order valence-corrected chi connectivity index (χ2v) is 7.13. The van der Waals surface area contributed by atoms with Crippen LogP contribution >= 0.6 is 11.6 Å². The summed E-state index contributed by atoms with van der Waals surface area (Å²) in [5.41, 5.74) is 2.92. The molecule has 5 nitrogen and oxygen atoms in total. The molecule has 1 saturated heterocycles. The fraction of sp³-hybridized carbons (Fsp3) is 0.333. The van der Waals surface area contributed by atoms with E-state index in [2.05, 4.69) is 10.2 Å². The van der Waals surface area contributed by atoms with Crippen LogP contribution in [0.4, 0.5) is 10.5 Å². The van der Waals surface area contributed by atoms with Crippen molar-refractivity contribution in [2.24, 2.45) is 0 Å². The van der Waals surface area contributed by atoms with Crippen molar-refractivity contribution in [3.8, 4) is 0 Å². The Morgan fingerprint density at radius 2 is 1.74 bits per heavy atom. The first-order chi connectivity index (χ1) is 13.0. The molecule has 142 valence electrons. The number of carbonyl (C=O) groups excluding carboxylic acids is 2. The molecular weight excluding hydrogens is 362 g/mol. The van der Waals surface area contributed by atoms with Gasteiger partial charge in [0.25, 0.3) is 0 Å². The lowest BCUT2D eigenvalue weighted by atomic mass is 10.1. The van der Waals surface area contributed by atoms with Gasteiger partial charge in [0.2, 0.25) is 0 Å². The van der Waals surface area contributed by atoms with Crippen molar-refractivity contribution in [3.63, 3.8) is 0 Å². The molecule has 0 radical (unpaired) electrons. The van der Waals surface area contributed by atoms with Gasteiger partial charge in [-0.05, 0) is 55.3 Å². The van der Waals surface area contributed by atoms with Crippen LogP contribution < -0.4 is 10.2 Å². The smallest absolute Gasteiger partial charge is 0.317 e. The second-order valence-electron chi connectivity index (χ2n) is 6.69. The summed E-state index contributed by atoms with van der Waals surface area (Å²) in [4.78, 5) is 27.8. The van der Waals surface area contributed by atoms with Crippen molar-refractivity contribution < 1.29 is 9.59 Å². The van der Waals surface area contributed by atoms with E-state index in [1.54, 1.807) is 6.92 Å². The minimum Gasteiger partial charge on any atom is -0.368 e. The van der Waals surface area contributed by atoms with E-state index in [9.17, 15) is 9.59 Å². The minimum atomic E-state index is -0.0244. The van der Waals surface area contributed by atoms with E-state index in [-0.39, 0.29) is 11.8 Å². The number of piperazine rings is 1. The van der Waals surface area contributed by atoms with E-state index in [1.807, 2.05) is 53.4 Å². The van der Waals surface area contributed by atoms with Crippen LogP contribution in [0.25, 0.3) is 0 Å². The molecule has 1 fully saturated rings. The van der Waals surface area contributed by atoms with E-state index >= 15 is 0 Å². The van der Waals surface area contributed by atoms with E-state index in [1.165, 1.54) is 0 Å². The molecule has 0 spiro atoms. The van der Waals surface area contributed by atoms with Crippen LogP contribution in [0.3, 0.4) is 0 Å². The van der Waals surface area contributed by atoms with E-state index in [0.717, 1.165) is 36.3 Å². The van der Waals surface area contributed by atoms with Gasteiger partial charge < -0.3 is 15.1 Å². The van der Waals surface area contributed by atoms with Gasteiger partial charge in [0.15, 0.2) is 5.78 Å². The number of nitrogens with zero attached hydrogens (tertiary/aromatic N) is 2. The minimum absolute atomic E-state index is 0.0244. The first kappa shape index (κ1) is 19.2.